The molecule has 27 heavy (non-hydrogen) atoms. The lowest BCUT2D eigenvalue weighted by Crippen LogP contribution is -2.49. The van der Waals surface area contributed by atoms with Crippen LogP contribution in [0.1, 0.15) is 30.2 Å². The minimum atomic E-state index is -0.423. The number of rotatable bonds is 6. The minimum Gasteiger partial charge on any atom is -0.484 e. The molecule has 0 spiro atoms. The third-order valence-corrected chi connectivity index (χ3v) is 4.45. The standard InChI is InChI=1S/C19H21N3O3S2/c1-13(2)14-5-7-15(8-6-14)25-12-18(24)21-22-19(26)20-17(23)10-9-16-4-3-11-27-16/h3-11,13H,12H2,1-2H3,(H,21,24)(H2,20,22,23,26)/b10-9+. The van der Waals surface area contributed by atoms with Crippen LogP contribution in [-0.2, 0) is 9.59 Å². The molecule has 6 nitrogen and oxygen atoms in total. The van der Waals surface area contributed by atoms with E-state index in [9.17, 15) is 9.59 Å². The number of nitrogens with one attached hydrogen (secondary N) is 3. The molecule has 3 N–H and O–H groups in total. The van der Waals surface area contributed by atoms with E-state index in [1.165, 1.54) is 23.0 Å². The van der Waals surface area contributed by atoms with Crippen LogP contribution in [0.5, 0.6) is 5.75 Å². The average Bonchev–Trinajstić information content (AvgIpc) is 3.17. The SMILES string of the molecule is CC(C)c1ccc(OCC(=O)NNC(=S)NC(=O)/C=C/c2cccs2)cc1. The maximum Gasteiger partial charge on any atom is 0.276 e. The summed E-state index contributed by atoms with van der Waals surface area (Å²) < 4.78 is 5.40. The van der Waals surface area contributed by atoms with Gasteiger partial charge in [-0.15, -0.1) is 11.3 Å². The topological polar surface area (TPSA) is 79.5 Å². The molecule has 0 saturated carbocycles. The Labute approximate surface area is 167 Å². The second-order valence-corrected chi connectivity index (χ2v) is 7.24. The zero-order chi connectivity index (χ0) is 19.6. The Kier molecular flexibility index (Phi) is 7.97. The molecule has 0 bridgehead atoms. The molecule has 1 heterocycles. The summed E-state index contributed by atoms with van der Waals surface area (Å²) >= 11 is 6.47. The number of thiophene rings is 1. The quantitative estimate of drug-likeness (QED) is 0.393. The largest absolute Gasteiger partial charge is 0.484 e. The Morgan fingerprint density at radius 1 is 1.19 bits per heavy atom. The molecule has 142 valence electrons. The number of hydrogen-bond acceptors (Lipinski definition) is 5. The van der Waals surface area contributed by atoms with Crippen LogP contribution in [0.4, 0.5) is 0 Å². The van der Waals surface area contributed by atoms with Gasteiger partial charge < -0.3 is 4.74 Å². The summed E-state index contributed by atoms with van der Waals surface area (Å²) in [6, 6.07) is 11.4. The fraction of sp³-hybridized carbons (Fsp3) is 0.211. The van der Waals surface area contributed by atoms with Crippen LogP contribution in [0.2, 0.25) is 0 Å². The molecule has 0 aliphatic heterocycles. The molecule has 0 unspecified atom stereocenters. The summed E-state index contributed by atoms with van der Waals surface area (Å²) in [5, 5.41) is 4.34. The van der Waals surface area contributed by atoms with Gasteiger partial charge in [-0.2, -0.15) is 0 Å². The number of thiocarbonyl (C=S) groups is 1. The van der Waals surface area contributed by atoms with E-state index >= 15 is 0 Å². The van der Waals surface area contributed by atoms with Crippen molar-refractivity contribution in [1.29, 1.82) is 0 Å². The van der Waals surface area contributed by atoms with Gasteiger partial charge in [-0.05, 0) is 53.4 Å². The number of ether oxygens (including phenoxy) is 1. The number of benzene rings is 1. The van der Waals surface area contributed by atoms with Gasteiger partial charge in [-0.1, -0.05) is 32.0 Å². The van der Waals surface area contributed by atoms with E-state index in [1.807, 2.05) is 41.8 Å². The first-order valence-corrected chi connectivity index (χ1v) is 9.57. The van der Waals surface area contributed by atoms with Crippen LogP contribution in [0, 0.1) is 0 Å². The Morgan fingerprint density at radius 3 is 2.56 bits per heavy atom. The molecule has 0 fully saturated rings. The molecule has 0 atom stereocenters. The van der Waals surface area contributed by atoms with Crippen LogP contribution >= 0.6 is 23.6 Å². The van der Waals surface area contributed by atoms with Gasteiger partial charge in [0.1, 0.15) is 5.75 Å². The number of amides is 2. The summed E-state index contributed by atoms with van der Waals surface area (Å²) in [7, 11) is 0. The molecule has 0 aliphatic rings. The second kappa shape index (κ2) is 10.4. The van der Waals surface area contributed by atoms with Crippen LogP contribution in [0.15, 0.2) is 47.9 Å². The first-order valence-electron chi connectivity index (χ1n) is 8.28. The fourth-order valence-electron chi connectivity index (χ4n) is 1.99. The summed E-state index contributed by atoms with van der Waals surface area (Å²) in [6.07, 6.45) is 3.05. The van der Waals surface area contributed by atoms with Gasteiger partial charge in [-0.25, -0.2) is 0 Å². The molecule has 2 aromatic rings. The second-order valence-electron chi connectivity index (χ2n) is 5.85. The summed E-state index contributed by atoms with van der Waals surface area (Å²) in [4.78, 5) is 24.5. The molecule has 0 aliphatic carbocycles. The Morgan fingerprint density at radius 2 is 1.93 bits per heavy atom. The summed E-state index contributed by atoms with van der Waals surface area (Å²) in [6.45, 7) is 4.03. The van der Waals surface area contributed by atoms with E-state index < -0.39 is 11.8 Å². The summed E-state index contributed by atoms with van der Waals surface area (Å²) in [5.41, 5.74) is 6.02. The lowest BCUT2D eigenvalue weighted by atomic mass is 10.0. The van der Waals surface area contributed by atoms with Gasteiger partial charge in [0.15, 0.2) is 11.7 Å². The van der Waals surface area contributed by atoms with Crippen molar-refractivity contribution in [3.05, 3.63) is 58.3 Å². The molecular formula is C19H21N3O3S2. The van der Waals surface area contributed by atoms with Gasteiger partial charge in [0.05, 0.1) is 0 Å². The lowest BCUT2D eigenvalue weighted by Gasteiger charge is -2.11. The number of carbonyl (C=O) groups is 2. The monoisotopic (exact) mass is 403 g/mol. The zero-order valence-electron chi connectivity index (χ0n) is 15.0. The molecule has 8 heteroatoms. The molecular weight excluding hydrogens is 382 g/mol. The van der Waals surface area contributed by atoms with Crippen molar-refractivity contribution in [3.63, 3.8) is 0 Å². The van der Waals surface area contributed by atoms with E-state index in [2.05, 4.69) is 30.0 Å². The number of hydrogen-bond donors (Lipinski definition) is 3. The summed E-state index contributed by atoms with van der Waals surface area (Å²) in [5.74, 6) is 0.220. The van der Waals surface area contributed by atoms with E-state index in [4.69, 9.17) is 17.0 Å². The van der Waals surface area contributed by atoms with Crippen LogP contribution in [-0.4, -0.2) is 23.5 Å². The van der Waals surface area contributed by atoms with Crippen molar-refractivity contribution >= 4 is 46.6 Å². The van der Waals surface area contributed by atoms with Gasteiger partial charge in [0.2, 0.25) is 5.91 Å². The third-order valence-electron chi connectivity index (χ3n) is 3.41. The van der Waals surface area contributed by atoms with Crippen molar-refractivity contribution in [2.45, 2.75) is 19.8 Å². The Balaban J connectivity index is 1.67. The van der Waals surface area contributed by atoms with Gasteiger partial charge >= 0.3 is 0 Å². The van der Waals surface area contributed by atoms with E-state index in [0.29, 0.717) is 11.7 Å². The van der Waals surface area contributed by atoms with Gasteiger partial charge in [-0.3, -0.25) is 25.8 Å². The van der Waals surface area contributed by atoms with Crippen molar-refractivity contribution in [2.24, 2.45) is 0 Å². The maximum atomic E-state index is 11.8. The predicted octanol–water partition coefficient (Wildman–Crippen LogP) is 2.99. The minimum absolute atomic E-state index is 0.00883. The fourth-order valence-corrected chi connectivity index (χ4v) is 2.76. The van der Waals surface area contributed by atoms with Crippen molar-refractivity contribution in [1.82, 2.24) is 16.2 Å². The van der Waals surface area contributed by atoms with Crippen molar-refractivity contribution in [3.8, 4) is 5.75 Å². The molecule has 1 aromatic heterocycles. The molecule has 0 saturated heterocycles. The van der Waals surface area contributed by atoms with E-state index in [1.54, 1.807) is 6.08 Å². The maximum absolute atomic E-state index is 11.8. The lowest BCUT2D eigenvalue weighted by molar-refractivity contribution is -0.123. The molecule has 2 amide bonds. The normalized spacial score (nSPS) is 10.6. The van der Waals surface area contributed by atoms with E-state index in [-0.39, 0.29) is 11.7 Å². The average molecular weight is 404 g/mol. The highest BCUT2D eigenvalue weighted by molar-refractivity contribution is 7.80. The third kappa shape index (κ3) is 7.59. The molecule has 1 aromatic carbocycles. The highest BCUT2D eigenvalue weighted by atomic mass is 32.1. The highest BCUT2D eigenvalue weighted by Gasteiger charge is 2.06. The number of carbonyl (C=O) groups excluding carboxylic acids is 2. The first kappa shape index (κ1) is 20.6. The Hall–Kier alpha value is -2.71. The van der Waals surface area contributed by atoms with E-state index in [0.717, 1.165) is 4.88 Å². The van der Waals surface area contributed by atoms with Crippen LogP contribution in [0.3, 0.4) is 0 Å². The van der Waals surface area contributed by atoms with Gasteiger partial charge in [0, 0.05) is 11.0 Å². The molecule has 2 rings (SSSR count). The van der Waals surface area contributed by atoms with Crippen LogP contribution in [0.25, 0.3) is 6.08 Å². The van der Waals surface area contributed by atoms with Crippen molar-refractivity contribution < 1.29 is 14.3 Å². The Bertz CT molecular complexity index is 800. The molecule has 0 radical (unpaired) electrons. The number of hydrazine groups is 1. The highest BCUT2D eigenvalue weighted by Crippen LogP contribution is 2.18. The zero-order valence-corrected chi connectivity index (χ0v) is 16.7. The predicted molar refractivity (Wildman–Crippen MR) is 111 cm³/mol. The first-order chi connectivity index (χ1) is 12.9. The smallest absolute Gasteiger partial charge is 0.276 e. The van der Waals surface area contributed by atoms with Gasteiger partial charge in [0.25, 0.3) is 5.91 Å². The van der Waals surface area contributed by atoms with Crippen LogP contribution < -0.4 is 20.9 Å². The van der Waals surface area contributed by atoms with Crippen molar-refractivity contribution in [2.75, 3.05) is 6.61 Å².